The van der Waals surface area contributed by atoms with Gasteiger partial charge in [-0.3, -0.25) is 9.89 Å². The van der Waals surface area contributed by atoms with Gasteiger partial charge < -0.3 is 5.32 Å². The van der Waals surface area contributed by atoms with E-state index >= 15 is 0 Å². The second-order valence-electron chi connectivity index (χ2n) is 6.33. The highest BCUT2D eigenvalue weighted by atomic mass is 16.2. The van der Waals surface area contributed by atoms with Crippen molar-refractivity contribution >= 4 is 5.91 Å². The van der Waals surface area contributed by atoms with Gasteiger partial charge in [0, 0.05) is 12.2 Å². The lowest BCUT2D eigenvalue weighted by Gasteiger charge is -2.32. The Morgan fingerprint density at radius 2 is 2.06 bits per heavy atom. The van der Waals surface area contributed by atoms with E-state index in [1.54, 1.807) is 12.3 Å². The first-order valence-corrected chi connectivity index (χ1v) is 6.61. The molecule has 1 atom stereocenters. The Hall–Kier alpha value is -1.32. The van der Waals surface area contributed by atoms with E-state index in [0.717, 1.165) is 12.8 Å². The summed E-state index contributed by atoms with van der Waals surface area (Å²) in [6.07, 6.45) is 3.71. The fraction of sp³-hybridized carbons (Fsp3) is 0.714. The molecule has 0 saturated carbocycles. The summed E-state index contributed by atoms with van der Waals surface area (Å²) in [6.45, 7) is 10.9. The van der Waals surface area contributed by atoms with Crippen molar-refractivity contribution in [1.82, 2.24) is 15.5 Å². The Labute approximate surface area is 110 Å². The highest BCUT2D eigenvalue weighted by Gasteiger charge is 2.26. The van der Waals surface area contributed by atoms with Crippen LogP contribution in [0.3, 0.4) is 0 Å². The average molecular weight is 251 g/mol. The summed E-state index contributed by atoms with van der Waals surface area (Å²) in [5.41, 5.74) is 0.582. The molecule has 0 bridgehead atoms. The number of amides is 1. The zero-order valence-corrected chi connectivity index (χ0v) is 12.1. The fourth-order valence-electron chi connectivity index (χ4n) is 1.84. The molecule has 1 aromatic heterocycles. The van der Waals surface area contributed by atoms with E-state index in [1.165, 1.54) is 0 Å². The van der Waals surface area contributed by atoms with Gasteiger partial charge in [-0.05, 0) is 30.2 Å². The molecule has 0 aliphatic carbocycles. The highest BCUT2D eigenvalue weighted by Crippen LogP contribution is 2.24. The summed E-state index contributed by atoms with van der Waals surface area (Å²) in [4.78, 5) is 12.0. The minimum absolute atomic E-state index is 0.0601. The van der Waals surface area contributed by atoms with Crippen molar-refractivity contribution in [3.8, 4) is 0 Å². The van der Waals surface area contributed by atoms with Gasteiger partial charge in [0.2, 0.25) is 0 Å². The van der Waals surface area contributed by atoms with E-state index in [4.69, 9.17) is 0 Å². The summed E-state index contributed by atoms with van der Waals surface area (Å²) in [5, 5.41) is 9.60. The minimum atomic E-state index is -0.0730. The molecule has 0 saturated heterocycles. The third-order valence-electron chi connectivity index (χ3n) is 3.13. The van der Waals surface area contributed by atoms with Crippen molar-refractivity contribution in [2.75, 3.05) is 0 Å². The number of aromatic amines is 1. The van der Waals surface area contributed by atoms with Crippen LogP contribution < -0.4 is 5.32 Å². The van der Waals surface area contributed by atoms with Gasteiger partial charge in [-0.2, -0.15) is 5.10 Å². The second kappa shape index (κ2) is 6.03. The predicted molar refractivity (Wildman–Crippen MR) is 73.4 cm³/mol. The molecule has 0 aliphatic heterocycles. The number of hydrogen-bond acceptors (Lipinski definition) is 2. The van der Waals surface area contributed by atoms with Crippen molar-refractivity contribution < 1.29 is 4.79 Å². The maximum absolute atomic E-state index is 12.0. The van der Waals surface area contributed by atoms with Crippen LogP contribution in [-0.4, -0.2) is 22.1 Å². The first kappa shape index (κ1) is 14.7. The van der Waals surface area contributed by atoms with Gasteiger partial charge in [0.1, 0.15) is 5.69 Å². The van der Waals surface area contributed by atoms with Crippen LogP contribution in [-0.2, 0) is 0 Å². The molecule has 1 rings (SSSR count). The second-order valence-corrected chi connectivity index (χ2v) is 6.33. The summed E-state index contributed by atoms with van der Waals surface area (Å²) < 4.78 is 0. The number of rotatable bonds is 5. The number of aromatic nitrogens is 2. The van der Waals surface area contributed by atoms with Gasteiger partial charge in [0.05, 0.1) is 0 Å². The zero-order chi connectivity index (χ0) is 13.8. The van der Waals surface area contributed by atoms with Crippen molar-refractivity contribution in [3.05, 3.63) is 18.0 Å². The van der Waals surface area contributed by atoms with E-state index in [9.17, 15) is 4.79 Å². The average Bonchev–Trinajstić information content (AvgIpc) is 2.74. The largest absolute Gasteiger partial charge is 0.347 e. The van der Waals surface area contributed by atoms with Gasteiger partial charge in [-0.15, -0.1) is 0 Å². The van der Waals surface area contributed by atoms with Crippen LogP contribution in [0.1, 0.15) is 57.9 Å². The van der Waals surface area contributed by atoms with E-state index < -0.39 is 0 Å². The van der Waals surface area contributed by atoms with Gasteiger partial charge in [-0.1, -0.05) is 34.6 Å². The van der Waals surface area contributed by atoms with Crippen LogP contribution in [0.2, 0.25) is 0 Å². The fourth-order valence-corrected chi connectivity index (χ4v) is 1.84. The third kappa shape index (κ3) is 4.51. The molecule has 1 heterocycles. The molecule has 102 valence electrons. The van der Waals surface area contributed by atoms with Crippen LogP contribution in [0.5, 0.6) is 0 Å². The lowest BCUT2D eigenvalue weighted by molar-refractivity contribution is 0.0889. The van der Waals surface area contributed by atoms with Crippen LogP contribution in [0.4, 0.5) is 0 Å². The van der Waals surface area contributed by atoms with E-state index in [2.05, 4.69) is 50.1 Å². The van der Waals surface area contributed by atoms with Gasteiger partial charge in [0.15, 0.2) is 0 Å². The molecular formula is C14H25N3O. The van der Waals surface area contributed by atoms with Crippen molar-refractivity contribution in [2.45, 2.75) is 53.5 Å². The quantitative estimate of drug-likeness (QED) is 0.845. The van der Waals surface area contributed by atoms with E-state index in [-0.39, 0.29) is 17.4 Å². The monoisotopic (exact) mass is 251 g/mol. The molecule has 4 nitrogen and oxygen atoms in total. The van der Waals surface area contributed by atoms with Crippen molar-refractivity contribution in [2.24, 2.45) is 11.3 Å². The summed E-state index contributed by atoms with van der Waals surface area (Å²) in [6, 6.07) is 1.87. The minimum Gasteiger partial charge on any atom is -0.347 e. The lowest BCUT2D eigenvalue weighted by Crippen LogP contribution is -2.44. The number of hydrogen-bond donors (Lipinski definition) is 2. The maximum atomic E-state index is 12.0. The standard InChI is InChI=1S/C14H25N3O/c1-10(2)6-7-12(14(3,4)5)16-13(18)11-8-9-15-17-11/h8-10,12H,6-7H2,1-5H3,(H,15,17)(H,16,18). The van der Waals surface area contributed by atoms with Crippen molar-refractivity contribution in [3.63, 3.8) is 0 Å². The molecule has 0 spiro atoms. The van der Waals surface area contributed by atoms with Gasteiger partial charge >= 0.3 is 0 Å². The molecule has 4 heteroatoms. The van der Waals surface area contributed by atoms with Gasteiger partial charge in [-0.25, -0.2) is 0 Å². The Kier molecular flexibility index (Phi) is 4.93. The summed E-state index contributed by atoms with van der Waals surface area (Å²) in [7, 11) is 0. The molecule has 1 aromatic rings. The first-order chi connectivity index (χ1) is 8.30. The molecule has 1 amide bonds. The van der Waals surface area contributed by atoms with Crippen LogP contribution >= 0.6 is 0 Å². The highest BCUT2D eigenvalue weighted by molar-refractivity contribution is 5.92. The third-order valence-corrected chi connectivity index (χ3v) is 3.13. The molecule has 0 fully saturated rings. The topological polar surface area (TPSA) is 57.8 Å². The number of carbonyl (C=O) groups excluding carboxylic acids is 1. The maximum Gasteiger partial charge on any atom is 0.269 e. The van der Waals surface area contributed by atoms with Gasteiger partial charge in [0.25, 0.3) is 5.91 Å². The lowest BCUT2D eigenvalue weighted by atomic mass is 9.82. The Bertz CT molecular complexity index is 363. The van der Waals surface area contributed by atoms with Crippen molar-refractivity contribution in [1.29, 1.82) is 0 Å². The Morgan fingerprint density at radius 1 is 1.39 bits per heavy atom. The molecule has 0 radical (unpaired) electrons. The zero-order valence-electron chi connectivity index (χ0n) is 12.1. The summed E-state index contributed by atoms with van der Waals surface area (Å²) >= 11 is 0. The number of H-pyrrole nitrogens is 1. The summed E-state index contributed by atoms with van der Waals surface area (Å²) in [5.74, 6) is 0.579. The van der Waals surface area contributed by atoms with Crippen LogP contribution in [0.25, 0.3) is 0 Å². The molecule has 18 heavy (non-hydrogen) atoms. The number of nitrogens with one attached hydrogen (secondary N) is 2. The first-order valence-electron chi connectivity index (χ1n) is 6.61. The van der Waals surface area contributed by atoms with Crippen LogP contribution in [0.15, 0.2) is 12.3 Å². The predicted octanol–water partition coefficient (Wildman–Crippen LogP) is 2.99. The number of carbonyl (C=O) groups is 1. The Morgan fingerprint density at radius 3 is 2.50 bits per heavy atom. The normalized spacial score (nSPS) is 13.7. The van der Waals surface area contributed by atoms with Crippen LogP contribution in [0, 0.1) is 11.3 Å². The molecule has 0 aliphatic rings. The van der Waals surface area contributed by atoms with E-state index in [1.807, 2.05) is 0 Å². The molecule has 1 unspecified atom stereocenters. The Balaban J connectivity index is 2.64. The molecule has 2 N–H and O–H groups in total. The molecule has 0 aromatic carbocycles. The smallest absolute Gasteiger partial charge is 0.269 e. The SMILES string of the molecule is CC(C)CCC(NC(=O)c1ccn[nH]1)C(C)(C)C. The van der Waals surface area contributed by atoms with E-state index in [0.29, 0.717) is 11.6 Å². The molecular weight excluding hydrogens is 226 g/mol. The number of nitrogens with zero attached hydrogens (tertiary/aromatic N) is 1.